The zero-order valence-corrected chi connectivity index (χ0v) is 14.2. The number of ether oxygens (including phenoxy) is 1. The summed E-state index contributed by atoms with van der Waals surface area (Å²) in [6.07, 6.45) is 0. The Kier molecular flexibility index (Phi) is 5.05. The summed E-state index contributed by atoms with van der Waals surface area (Å²) in [6.45, 7) is 1.41. The smallest absolute Gasteiger partial charge is 0.374 e. The number of benzene rings is 2. The summed E-state index contributed by atoms with van der Waals surface area (Å²) in [7, 11) is 0. The van der Waals surface area contributed by atoms with Crippen LogP contribution in [0.5, 0.6) is 0 Å². The van der Waals surface area contributed by atoms with Gasteiger partial charge < -0.3 is 14.5 Å². The molecule has 3 rings (SSSR count). The fourth-order valence-corrected chi connectivity index (χ4v) is 2.77. The first-order valence-corrected chi connectivity index (χ1v) is 8.12. The molecule has 0 aliphatic carbocycles. The number of para-hydroxylation sites is 1. The van der Waals surface area contributed by atoms with E-state index in [1.807, 2.05) is 36.4 Å². The Morgan fingerprint density at radius 3 is 2.64 bits per heavy atom. The van der Waals surface area contributed by atoms with Crippen LogP contribution in [-0.4, -0.2) is 18.5 Å². The minimum atomic E-state index is -0.684. The third-order valence-electron chi connectivity index (χ3n) is 3.71. The standard InChI is InChI=1S/C19H16ClNO4/c1-12(14-7-3-4-8-15(14)20)21-18(22)11-24-19(23)17-10-13-6-2-5-9-16(13)25-17/h2-10,12H,11H2,1H3,(H,21,22)/t12-/m1/s1. The van der Waals surface area contributed by atoms with Crippen LogP contribution in [0, 0.1) is 0 Å². The summed E-state index contributed by atoms with van der Waals surface area (Å²) in [5, 5.41) is 4.10. The Labute approximate surface area is 149 Å². The molecule has 0 unspecified atom stereocenters. The number of rotatable bonds is 5. The van der Waals surface area contributed by atoms with E-state index in [-0.39, 0.29) is 11.8 Å². The number of furan rings is 1. The first-order chi connectivity index (χ1) is 12.0. The molecule has 1 N–H and O–H groups in total. The lowest BCUT2D eigenvalue weighted by Gasteiger charge is -2.15. The van der Waals surface area contributed by atoms with Crippen molar-refractivity contribution in [1.82, 2.24) is 5.32 Å². The molecule has 0 saturated carbocycles. The molecule has 1 aromatic heterocycles. The van der Waals surface area contributed by atoms with Gasteiger partial charge in [-0.05, 0) is 30.7 Å². The average molecular weight is 358 g/mol. The van der Waals surface area contributed by atoms with Gasteiger partial charge in [0.05, 0.1) is 6.04 Å². The predicted octanol–water partition coefficient (Wildman–Crippen LogP) is 4.12. The number of nitrogens with one attached hydrogen (secondary N) is 1. The van der Waals surface area contributed by atoms with Crippen LogP contribution in [0.2, 0.25) is 5.02 Å². The van der Waals surface area contributed by atoms with Crippen LogP contribution in [0.15, 0.2) is 59.0 Å². The van der Waals surface area contributed by atoms with E-state index in [4.69, 9.17) is 20.8 Å². The second-order valence-corrected chi connectivity index (χ2v) is 5.94. The van der Waals surface area contributed by atoms with Crippen molar-refractivity contribution in [3.63, 3.8) is 0 Å². The van der Waals surface area contributed by atoms with Gasteiger partial charge in [0.2, 0.25) is 5.76 Å². The molecule has 0 bridgehead atoms. The highest BCUT2D eigenvalue weighted by Gasteiger charge is 2.17. The van der Waals surface area contributed by atoms with E-state index in [1.54, 1.807) is 25.1 Å². The molecule has 0 aliphatic heterocycles. The van der Waals surface area contributed by atoms with Gasteiger partial charge in [0.25, 0.3) is 5.91 Å². The van der Waals surface area contributed by atoms with E-state index in [0.29, 0.717) is 10.6 Å². The lowest BCUT2D eigenvalue weighted by molar-refractivity contribution is -0.124. The predicted molar refractivity (Wildman–Crippen MR) is 94.5 cm³/mol. The van der Waals surface area contributed by atoms with E-state index in [2.05, 4.69) is 5.32 Å². The summed E-state index contributed by atoms with van der Waals surface area (Å²) in [5.41, 5.74) is 1.38. The van der Waals surface area contributed by atoms with Crippen LogP contribution in [-0.2, 0) is 9.53 Å². The number of hydrogen-bond acceptors (Lipinski definition) is 4. The van der Waals surface area contributed by atoms with Gasteiger partial charge in [-0.2, -0.15) is 0 Å². The lowest BCUT2D eigenvalue weighted by Crippen LogP contribution is -2.31. The van der Waals surface area contributed by atoms with E-state index >= 15 is 0 Å². The van der Waals surface area contributed by atoms with Gasteiger partial charge >= 0.3 is 5.97 Å². The first kappa shape index (κ1) is 17.0. The van der Waals surface area contributed by atoms with Gasteiger partial charge in [0, 0.05) is 10.4 Å². The summed E-state index contributed by atoms with van der Waals surface area (Å²) in [6, 6.07) is 15.8. The van der Waals surface area contributed by atoms with Gasteiger partial charge in [-0.3, -0.25) is 4.79 Å². The minimum Gasteiger partial charge on any atom is -0.450 e. The number of fused-ring (bicyclic) bond motifs is 1. The van der Waals surface area contributed by atoms with Crippen LogP contribution >= 0.6 is 11.6 Å². The first-order valence-electron chi connectivity index (χ1n) is 7.74. The number of halogens is 1. The molecule has 128 valence electrons. The van der Waals surface area contributed by atoms with Gasteiger partial charge in [-0.15, -0.1) is 0 Å². The zero-order chi connectivity index (χ0) is 17.8. The molecule has 5 nitrogen and oxygen atoms in total. The van der Waals surface area contributed by atoms with Crippen molar-refractivity contribution >= 4 is 34.4 Å². The highest BCUT2D eigenvalue weighted by atomic mass is 35.5. The Balaban J connectivity index is 1.56. The normalized spacial score (nSPS) is 11.9. The van der Waals surface area contributed by atoms with Crippen LogP contribution in [0.3, 0.4) is 0 Å². The minimum absolute atomic E-state index is 0.0631. The molecule has 0 fully saturated rings. The van der Waals surface area contributed by atoms with Crippen molar-refractivity contribution in [2.45, 2.75) is 13.0 Å². The van der Waals surface area contributed by atoms with Crippen molar-refractivity contribution in [3.05, 3.63) is 70.9 Å². The zero-order valence-electron chi connectivity index (χ0n) is 13.5. The Morgan fingerprint density at radius 2 is 1.88 bits per heavy atom. The molecular formula is C19H16ClNO4. The van der Waals surface area contributed by atoms with E-state index in [9.17, 15) is 9.59 Å². The van der Waals surface area contributed by atoms with E-state index < -0.39 is 18.5 Å². The molecule has 3 aromatic rings. The number of carbonyl (C=O) groups is 2. The molecule has 0 radical (unpaired) electrons. The molecule has 0 aliphatic rings. The summed E-state index contributed by atoms with van der Waals surface area (Å²) in [5.74, 6) is -1.04. The van der Waals surface area contributed by atoms with Crippen LogP contribution in [0.25, 0.3) is 11.0 Å². The van der Waals surface area contributed by atoms with E-state index in [0.717, 1.165) is 10.9 Å². The van der Waals surface area contributed by atoms with Crippen molar-refractivity contribution in [3.8, 4) is 0 Å². The Morgan fingerprint density at radius 1 is 1.16 bits per heavy atom. The highest BCUT2D eigenvalue weighted by Crippen LogP contribution is 2.22. The van der Waals surface area contributed by atoms with Crippen molar-refractivity contribution in [2.75, 3.05) is 6.61 Å². The van der Waals surface area contributed by atoms with Gasteiger partial charge in [0.15, 0.2) is 6.61 Å². The quantitative estimate of drug-likeness (QED) is 0.697. The number of esters is 1. The SMILES string of the molecule is C[C@@H](NC(=O)COC(=O)c1cc2ccccc2o1)c1ccccc1Cl. The second-order valence-electron chi connectivity index (χ2n) is 5.54. The molecule has 6 heteroatoms. The van der Waals surface area contributed by atoms with Crippen LogP contribution in [0.1, 0.15) is 29.1 Å². The van der Waals surface area contributed by atoms with Crippen molar-refractivity contribution < 1.29 is 18.7 Å². The third kappa shape index (κ3) is 4.00. The van der Waals surface area contributed by atoms with Crippen LogP contribution in [0.4, 0.5) is 0 Å². The largest absolute Gasteiger partial charge is 0.450 e. The number of carbonyl (C=O) groups excluding carboxylic acids is 2. The Hall–Kier alpha value is -2.79. The number of hydrogen-bond donors (Lipinski definition) is 1. The fourth-order valence-electron chi connectivity index (χ4n) is 2.47. The lowest BCUT2D eigenvalue weighted by atomic mass is 10.1. The molecule has 1 atom stereocenters. The number of amides is 1. The second kappa shape index (κ2) is 7.40. The van der Waals surface area contributed by atoms with E-state index in [1.165, 1.54) is 0 Å². The van der Waals surface area contributed by atoms with Gasteiger partial charge in [-0.25, -0.2) is 4.79 Å². The molecule has 25 heavy (non-hydrogen) atoms. The van der Waals surface area contributed by atoms with Crippen LogP contribution < -0.4 is 5.32 Å². The molecule has 1 heterocycles. The fraction of sp³-hybridized carbons (Fsp3) is 0.158. The maximum absolute atomic E-state index is 12.0. The Bertz CT molecular complexity index is 885. The molecule has 0 saturated heterocycles. The molecule has 1 amide bonds. The summed E-state index contributed by atoms with van der Waals surface area (Å²) in [4.78, 5) is 24.0. The maximum Gasteiger partial charge on any atom is 0.374 e. The third-order valence-corrected chi connectivity index (χ3v) is 4.05. The highest BCUT2D eigenvalue weighted by molar-refractivity contribution is 6.31. The summed E-state index contributed by atoms with van der Waals surface area (Å²) < 4.78 is 10.4. The maximum atomic E-state index is 12.0. The average Bonchev–Trinajstić information content (AvgIpc) is 3.04. The van der Waals surface area contributed by atoms with Crippen molar-refractivity contribution in [1.29, 1.82) is 0 Å². The monoisotopic (exact) mass is 357 g/mol. The van der Waals surface area contributed by atoms with Gasteiger partial charge in [-0.1, -0.05) is 48.0 Å². The molecular weight excluding hydrogens is 342 g/mol. The molecule has 0 spiro atoms. The summed E-state index contributed by atoms with van der Waals surface area (Å²) >= 11 is 6.10. The van der Waals surface area contributed by atoms with Gasteiger partial charge in [0.1, 0.15) is 5.58 Å². The van der Waals surface area contributed by atoms with Crippen molar-refractivity contribution in [2.24, 2.45) is 0 Å². The topological polar surface area (TPSA) is 68.5 Å². The molecule has 2 aromatic carbocycles.